The highest BCUT2D eigenvalue weighted by atomic mass is 35.5. The third-order valence-electron chi connectivity index (χ3n) is 6.83. The Morgan fingerprint density at radius 1 is 1.26 bits per heavy atom. The van der Waals surface area contributed by atoms with Crippen LogP contribution in [0.5, 0.6) is 0 Å². The lowest BCUT2D eigenvalue weighted by atomic mass is 9.92. The minimum absolute atomic E-state index is 0.191. The number of carbonyl (C=O) groups excluding carboxylic acids is 1. The Labute approximate surface area is 232 Å². The summed E-state index contributed by atoms with van der Waals surface area (Å²) in [5, 5.41) is 12.4. The Balaban J connectivity index is 1.94. The second-order valence-electron chi connectivity index (χ2n) is 11.8. The topological polar surface area (TPSA) is 80.5 Å². The van der Waals surface area contributed by atoms with Crippen LogP contribution < -0.4 is 5.32 Å². The van der Waals surface area contributed by atoms with Gasteiger partial charge in [-0.15, -0.1) is 10.2 Å². The lowest BCUT2D eigenvalue weighted by molar-refractivity contribution is 0.0443. The summed E-state index contributed by atoms with van der Waals surface area (Å²) in [4.78, 5) is 15.2. The van der Waals surface area contributed by atoms with E-state index in [0.29, 0.717) is 23.2 Å². The second-order valence-corrected chi connectivity index (χ2v) is 12.4. The Hall–Kier alpha value is -2.64. The normalized spacial score (nSPS) is 20.7. The molecule has 0 bridgehead atoms. The molecule has 0 radical (unpaired) electrons. The van der Waals surface area contributed by atoms with Gasteiger partial charge in [0, 0.05) is 29.6 Å². The number of aromatic nitrogens is 2. The van der Waals surface area contributed by atoms with Gasteiger partial charge in [-0.05, 0) is 78.0 Å². The molecule has 208 valence electrons. The SMILES string of the molecule is CCC(/C=C(\C=C(/C)Cl)c1nnc([C@@](C)(Cc2ccccc2)NC(=O)OC(C)(C)C)o1)N(C)CC1CC1C. The highest BCUT2D eigenvalue weighted by molar-refractivity contribution is 6.29. The lowest BCUT2D eigenvalue weighted by Crippen LogP contribution is -2.47. The second kappa shape index (κ2) is 12.5. The molecule has 3 unspecified atom stereocenters. The summed E-state index contributed by atoms with van der Waals surface area (Å²) >= 11 is 6.32. The monoisotopic (exact) mass is 542 g/mol. The zero-order valence-corrected chi connectivity index (χ0v) is 24.8. The summed E-state index contributed by atoms with van der Waals surface area (Å²) in [5.41, 5.74) is 0.136. The van der Waals surface area contributed by atoms with Crippen LogP contribution in [0.3, 0.4) is 0 Å². The maximum atomic E-state index is 12.8. The predicted octanol–water partition coefficient (Wildman–Crippen LogP) is 6.94. The number of halogens is 1. The fourth-order valence-corrected chi connectivity index (χ4v) is 4.70. The number of ether oxygens (including phenoxy) is 1. The molecule has 8 heteroatoms. The Kier molecular flexibility index (Phi) is 9.82. The third-order valence-corrected chi connectivity index (χ3v) is 6.94. The molecule has 4 atom stereocenters. The van der Waals surface area contributed by atoms with Crippen LogP contribution in [0.25, 0.3) is 5.57 Å². The van der Waals surface area contributed by atoms with Crippen molar-refractivity contribution < 1.29 is 13.9 Å². The summed E-state index contributed by atoms with van der Waals surface area (Å²) < 4.78 is 11.8. The molecule has 3 rings (SSSR count). The standard InChI is InChI=1S/C30H43ClN4O3/c1-9-25(35(8)19-24-15-20(24)2)17-23(16-21(3)31)26-33-34-27(37-26)30(7,18-22-13-11-10-12-14-22)32-28(36)38-29(4,5)6/h10-14,16-17,20,24-25H,9,15,18-19H2,1-8H3,(H,32,36)/b21-16+,23-17+/t20?,24?,25?,30-/m1/s1. The van der Waals surface area contributed by atoms with E-state index in [2.05, 4.69) is 47.4 Å². The minimum Gasteiger partial charge on any atom is -0.444 e. The third kappa shape index (κ3) is 8.70. The van der Waals surface area contributed by atoms with E-state index in [9.17, 15) is 4.79 Å². The number of rotatable bonds is 11. The number of alkyl carbamates (subject to hydrolysis) is 1. The smallest absolute Gasteiger partial charge is 0.408 e. The molecule has 2 aromatic rings. The van der Waals surface area contributed by atoms with Gasteiger partial charge < -0.3 is 14.5 Å². The number of likely N-dealkylation sites (N-methyl/N-ethyl adjacent to an activating group) is 1. The number of hydrogen-bond acceptors (Lipinski definition) is 6. The summed E-state index contributed by atoms with van der Waals surface area (Å²) in [6.45, 7) is 14.7. The number of benzene rings is 1. The van der Waals surface area contributed by atoms with Crippen LogP contribution >= 0.6 is 11.6 Å². The van der Waals surface area contributed by atoms with Crippen molar-refractivity contribution in [1.82, 2.24) is 20.4 Å². The molecule has 1 aliphatic rings. The van der Waals surface area contributed by atoms with E-state index in [0.717, 1.165) is 35.9 Å². The van der Waals surface area contributed by atoms with Crippen LogP contribution in [0, 0.1) is 11.8 Å². The van der Waals surface area contributed by atoms with E-state index in [-0.39, 0.29) is 6.04 Å². The van der Waals surface area contributed by atoms with E-state index in [4.69, 9.17) is 20.8 Å². The Morgan fingerprint density at radius 3 is 2.47 bits per heavy atom. The van der Waals surface area contributed by atoms with E-state index >= 15 is 0 Å². The Morgan fingerprint density at radius 2 is 1.92 bits per heavy atom. The molecule has 0 spiro atoms. The van der Waals surface area contributed by atoms with Gasteiger partial charge in [0.15, 0.2) is 0 Å². The van der Waals surface area contributed by atoms with Crippen molar-refractivity contribution in [2.24, 2.45) is 11.8 Å². The van der Waals surface area contributed by atoms with Crippen molar-refractivity contribution in [3.63, 3.8) is 0 Å². The molecular formula is C30H43ClN4O3. The summed E-state index contributed by atoms with van der Waals surface area (Å²) in [6.07, 6.45) is 6.11. The van der Waals surface area contributed by atoms with Gasteiger partial charge in [-0.1, -0.05) is 61.9 Å². The first kappa shape index (κ1) is 29.9. The van der Waals surface area contributed by atoms with E-state index in [1.807, 2.05) is 71.0 Å². The van der Waals surface area contributed by atoms with Crippen LogP contribution in [-0.2, 0) is 16.7 Å². The van der Waals surface area contributed by atoms with Crippen molar-refractivity contribution in [3.8, 4) is 0 Å². The highest BCUT2D eigenvalue weighted by Crippen LogP contribution is 2.38. The van der Waals surface area contributed by atoms with Crippen LogP contribution in [-0.4, -0.2) is 46.4 Å². The zero-order valence-electron chi connectivity index (χ0n) is 24.0. The van der Waals surface area contributed by atoms with Crippen LogP contribution in [0.4, 0.5) is 4.79 Å². The van der Waals surface area contributed by atoms with Gasteiger partial charge in [-0.25, -0.2) is 4.79 Å². The number of hydrogen-bond donors (Lipinski definition) is 1. The predicted molar refractivity (Wildman–Crippen MR) is 153 cm³/mol. The molecule has 1 heterocycles. The Bertz CT molecular complexity index is 1130. The largest absolute Gasteiger partial charge is 0.444 e. The molecule has 1 aromatic carbocycles. The zero-order chi connectivity index (χ0) is 28.1. The number of nitrogens with one attached hydrogen (secondary N) is 1. The molecular weight excluding hydrogens is 500 g/mol. The van der Waals surface area contributed by atoms with Gasteiger partial charge in [0.1, 0.15) is 11.1 Å². The lowest BCUT2D eigenvalue weighted by Gasteiger charge is -2.29. The average Bonchev–Trinajstić information content (AvgIpc) is 3.28. The first-order valence-corrected chi connectivity index (χ1v) is 13.8. The molecule has 1 aliphatic carbocycles. The number of allylic oxidation sites excluding steroid dienone is 3. The van der Waals surface area contributed by atoms with E-state index in [1.54, 1.807) is 0 Å². The molecule has 1 amide bonds. The fourth-order valence-electron chi connectivity index (χ4n) is 4.59. The molecule has 38 heavy (non-hydrogen) atoms. The van der Waals surface area contributed by atoms with Gasteiger partial charge in [0.2, 0.25) is 11.8 Å². The highest BCUT2D eigenvalue weighted by Gasteiger charge is 2.37. The summed E-state index contributed by atoms with van der Waals surface area (Å²) in [5.74, 6) is 2.20. The molecule has 0 saturated heterocycles. The number of carbonyl (C=O) groups is 1. The van der Waals surface area contributed by atoms with Crippen molar-refractivity contribution in [2.45, 2.75) is 84.9 Å². The number of amides is 1. The summed E-state index contributed by atoms with van der Waals surface area (Å²) in [6, 6.07) is 10.1. The molecule has 1 aromatic heterocycles. The first-order valence-electron chi connectivity index (χ1n) is 13.4. The minimum atomic E-state index is -0.997. The van der Waals surface area contributed by atoms with E-state index < -0.39 is 17.2 Å². The van der Waals surface area contributed by atoms with E-state index in [1.165, 1.54) is 6.42 Å². The summed E-state index contributed by atoms with van der Waals surface area (Å²) in [7, 11) is 2.16. The van der Waals surface area contributed by atoms with Crippen LogP contribution in [0.15, 0.2) is 51.9 Å². The quantitative estimate of drug-likeness (QED) is 0.310. The van der Waals surface area contributed by atoms with Crippen molar-refractivity contribution >= 4 is 23.3 Å². The van der Waals surface area contributed by atoms with Crippen LogP contribution in [0.2, 0.25) is 0 Å². The molecule has 7 nitrogen and oxygen atoms in total. The van der Waals surface area contributed by atoms with Gasteiger partial charge in [0.05, 0.1) is 0 Å². The molecule has 0 aliphatic heterocycles. The number of nitrogens with zero attached hydrogens (tertiary/aromatic N) is 3. The van der Waals surface area contributed by atoms with Crippen molar-refractivity contribution in [2.75, 3.05) is 13.6 Å². The maximum Gasteiger partial charge on any atom is 0.408 e. The van der Waals surface area contributed by atoms with Crippen molar-refractivity contribution in [3.05, 3.63) is 64.9 Å². The molecule has 1 saturated carbocycles. The van der Waals surface area contributed by atoms with Crippen LogP contribution in [0.1, 0.15) is 78.7 Å². The first-order chi connectivity index (χ1) is 17.8. The maximum absolute atomic E-state index is 12.8. The van der Waals surface area contributed by atoms with Gasteiger partial charge in [0.25, 0.3) is 0 Å². The van der Waals surface area contributed by atoms with Gasteiger partial charge in [-0.3, -0.25) is 4.90 Å². The van der Waals surface area contributed by atoms with Crippen molar-refractivity contribution in [1.29, 1.82) is 0 Å². The fraction of sp³-hybridized carbons (Fsp3) is 0.567. The van der Waals surface area contributed by atoms with Gasteiger partial charge >= 0.3 is 6.09 Å². The average molecular weight is 543 g/mol. The molecule has 1 fully saturated rings. The van der Waals surface area contributed by atoms with Gasteiger partial charge in [-0.2, -0.15) is 0 Å². The molecule has 1 N–H and O–H groups in total.